The van der Waals surface area contributed by atoms with Crippen LogP contribution in [0.3, 0.4) is 0 Å². The number of non-ortho nitro benzene ring substituents is 1. The number of hydrogen-bond donors (Lipinski definition) is 2. The minimum absolute atomic E-state index is 0.147. The number of carbonyl (C=O) groups is 1. The number of nitro benzene ring substituents is 1. The van der Waals surface area contributed by atoms with Gasteiger partial charge in [-0.1, -0.05) is 30.3 Å². The van der Waals surface area contributed by atoms with Crippen LogP contribution in [-0.2, 0) is 11.2 Å². The van der Waals surface area contributed by atoms with Gasteiger partial charge in [0.2, 0.25) is 5.91 Å². The molecule has 22 heavy (non-hydrogen) atoms. The lowest BCUT2D eigenvalue weighted by molar-refractivity contribution is -0.384. The molecule has 0 bridgehead atoms. The van der Waals surface area contributed by atoms with E-state index in [4.69, 9.17) is 0 Å². The molecule has 7 heteroatoms. The summed E-state index contributed by atoms with van der Waals surface area (Å²) in [5, 5.41) is 23.9. The van der Waals surface area contributed by atoms with Crippen molar-refractivity contribution in [1.82, 2.24) is 5.43 Å². The standard InChI is InChI=1S/C15H13N3O4/c19-14-7-6-13(18(21)22)9-12(14)10-16-17-15(20)8-11-4-2-1-3-5-11/h1-7,9-10,19H,8H2,(H,17,20). The van der Waals surface area contributed by atoms with Crippen LogP contribution in [-0.4, -0.2) is 22.2 Å². The highest BCUT2D eigenvalue weighted by atomic mass is 16.6. The van der Waals surface area contributed by atoms with Crippen molar-refractivity contribution in [3.8, 4) is 5.75 Å². The van der Waals surface area contributed by atoms with E-state index in [0.717, 1.165) is 11.8 Å². The van der Waals surface area contributed by atoms with E-state index in [-0.39, 0.29) is 29.3 Å². The maximum atomic E-state index is 11.7. The first-order valence-electron chi connectivity index (χ1n) is 6.39. The lowest BCUT2D eigenvalue weighted by Gasteiger charge is -2.01. The van der Waals surface area contributed by atoms with Gasteiger partial charge in [-0.15, -0.1) is 0 Å². The number of aromatic hydroxyl groups is 1. The molecule has 0 saturated heterocycles. The van der Waals surface area contributed by atoms with Crippen molar-refractivity contribution in [3.63, 3.8) is 0 Å². The zero-order chi connectivity index (χ0) is 15.9. The van der Waals surface area contributed by atoms with Crippen molar-refractivity contribution in [1.29, 1.82) is 0 Å². The predicted molar refractivity (Wildman–Crippen MR) is 80.6 cm³/mol. The van der Waals surface area contributed by atoms with Crippen LogP contribution >= 0.6 is 0 Å². The molecule has 2 aromatic carbocycles. The molecule has 0 fully saturated rings. The van der Waals surface area contributed by atoms with E-state index in [1.54, 1.807) is 0 Å². The van der Waals surface area contributed by atoms with Crippen LogP contribution < -0.4 is 5.43 Å². The second-order valence-electron chi connectivity index (χ2n) is 4.46. The molecule has 0 aliphatic rings. The van der Waals surface area contributed by atoms with E-state index < -0.39 is 4.92 Å². The molecule has 0 aromatic heterocycles. The molecule has 0 unspecified atom stereocenters. The number of amides is 1. The topological polar surface area (TPSA) is 105 Å². The molecule has 0 aliphatic carbocycles. The zero-order valence-corrected chi connectivity index (χ0v) is 11.5. The molecule has 0 aliphatic heterocycles. The Hall–Kier alpha value is -3.22. The fourth-order valence-electron chi connectivity index (χ4n) is 1.75. The summed E-state index contributed by atoms with van der Waals surface area (Å²) in [6.45, 7) is 0. The van der Waals surface area contributed by atoms with E-state index in [0.29, 0.717) is 0 Å². The fourth-order valence-corrected chi connectivity index (χ4v) is 1.75. The summed E-state index contributed by atoms with van der Waals surface area (Å²) in [4.78, 5) is 21.7. The van der Waals surface area contributed by atoms with Crippen molar-refractivity contribution >= 4 is 17.8 Å². The average molecular weight is 299 g/mol. The van der Waals surface area contributed by atoms with Gasteiger partial charge in [0.15, 0.2) is 0 Å². The molecular formula is C15H13N3O4. The van der Waals surface area contributed by atoms with Crippen LogP contribution in [0.4, 0.5) is 5.69 Å². The van der Waals surface area contributed by atoms with Crippen molar-refractivity contribution in [2.24, 2.45) is 5.10 Å². The molecule has 7 nitrogen and oxygen atoms in total. The monoisotopic (exact) mass is 299 g/mol. The minimum atomic E-state index is -0.579. The molecule has 0 radical (unpaired) electrons. The van der Waals surface area contributed by atoms with E-state index in [1.165, 1.54) is 18.2 Å². The van der Waals surface area contributed by atoms with Crippen molar-refractivity contribution in [3.05, 3.63) is 69.8 Å². The lowest BCUT2D eigenvalue weighted by Crippen LogP contribution is -2.19. The van der Waals surface area contributed by atoms with Gasteiger partial charge in [-0.3, -0.25) is 14.9 Å². The number of nitrogens with one attached hydrogen (secondary N) is 1. The predicted octanol–water partition coefficient (Wildman–Crippen LogP) is 1.99. The zero-order valence-electron chi connectivity index (χ0n) is 11.5. The van der Waals surface area contributed by atoms with E-state index in [9.17, 15) is 20.0 Å². The summed E-state index contributed by atoms with van der Waals surface area (Å²) in [5.41, 5.74) is 3.12. The second kappa shape index (κ2) is 6.98. The molecule has 0 atom stereocenters. The third kappa shape index (κ3) is 4.14. The largest absolute Gasteiger partial charge is 0.507 e. The third-order valence-electron chi connectivity index (χ3n) is 2.82. The van der Waals surface area contributed by atoms with Gasteiger partial charge in [0.05, 0.1) is 17.6 Å². The number of hydrogen-bond acceptors (Lipinski definition) is 5. The Bertz CT molecular complexity index is 714. The Kier molecular flexibility index (Phi) is 4.81. The fraction of sp³-hybridized carbons (Fsp3) is 0.0667. The first kappa shape index (κ1) is 15.2. The maximum Gasteiger partial charge on any atom is 0.270 e. The first-order chi connectivity index (χ1) is 10.6. The Morgan fingerprint density at radius 3 is 2.68 bits per heavy atom. The highest BCUT2D eigenvalue weighted by molar-refractivity contribution is 5.86. The highest BCUT2D eigenvalue weighted by Gasteiger charge is 2.09. The molecule has 1 amide bonds. The summed E-state index contributed by atoms with van der Waals surface area (Å²) in [7, 11) is 0. The van der Waals surface area contributed by atoms with Crippen molar-refractivity contribution in [2.45, 2.75) is 6.42 Å². The van der Waals surface area contributed by atoms with E-state index >= 15 is 0 Å². The molecule has 2 aromatic rings. The Balaban J connectivity index is 1.99. The summed E-state index contributed by atoms with van der Waals surface area (Å²) in [6, 6.07) is 12.7. The number of phenolic OH excluding ortho intramolecular Hbond substituents is 1. The summed E-state index contributed by atoms with van der Waals surface area (Å²) < 4.78 is 0. The summed E-state index contributed by atoms with van der Waals surface area (Å²) >= 11 is 0. The Morgan fingerprint density at radius 1 is 1.27 bits per heavy atom. The van der Waals surface area contributed by atoms with Gasteiger partial charge in [-0.05, 0) is 11.6 Å². The summed E-state index contributed by atoms with van der Waals surface area (Å²) in [5.74, 6) is -0.487. The van der Waals surface area contributed by atoms with Gasteiger partial charge < -0.3 is 5.11 Å². The second-order valence-corrected chi connectivity index (χ2v) is 4.46. The number of benzene rings is 2. The van der Waals surface area contributed by atoms with Crippen LogP contribution in [0.1, 0.15) is 11.1 Å². The molecule has 0 spiro atoms. The van der Waals surface area contributed by atoms with Gasteiger partial charge in [0.25, 0.3) is 5.69 Å². The number of nitro groups is 1. The summed E-state index contributed by atoms with van der Waals surface area (Å²) in [6.07, 6.45) is 1.32. The lowest BCUT2D eigenvalue weighted by atomic mass is 10.1. The van der Waals surface area contributed by atoms with Gasteiger partial charge >= 0.3 is 0 Å². The number of phenols is 1. The van der Waals surface area contributed by atoms with Crippen LogP contribution in [0.2, 0.25) is 0 Å². The van der Waals surface area contributed by atoms with Crippen molar-refractivity contribution < 1.29 is 14.8 Å². The van der Waals surface area contributed by atoms with E-state index in [1.807, 2.05) is 30.3 Å². The smallest absolute Gasteiger partial charge is 0.270 e. The van der Waals surface area contributed by atoms with Crippen LogP contribution in [0.5, 0.6) is 5.75 Å². The molecule has 2 N–H and O–H groups in total. The van der Waals surface area contributed by atoms with Crippen LogP contribution in [0.15, 0.2) is 53.6 Å². The third-order valence-corrected chi connectivity index (χ3v) is 2.82. The minimum Gasteiger partial charge on any atom is -0.507 e. The van der Waals surface area contributed by atoms with Crippen LogP contribution in [0.25, 0.3) is 0 Å². The number of carbonyl (C=O) groups excluding carboxylic acids is 1. The number of hydrazone groups is 1. The molecule has 0 heterocycles. The van der Waals surface area contributed by atoms with Gasteiger partial charge in [-0.25, -0.2) is 5.43 Å². The SMILES string of the molecule is O=C(Cc1ccccc1)NN=Cc1cc([N+](=O)[O-])ccc1O. The average Bonchev–Trinajstić information content (AvgIpc) is 2.50. The molecule has 2 rings (SSSR count). The quantitative estimate of drug-likeness (QED) is 0.500. The number of nitrogens with zero attached hydrogens (tertiary/aromatic N) is 2. The molecular weight excluding hydrogens is 286 g/mol. The number of rotatable bonds is 5. The van der Waals surface area contributed by atoms with Crippen LogP contribution in [0, 0.1) is 10.1 Å². The van der Waals surface area contributed by atoms with Gasteiger partial charge in [0, 0.05) is 17.7 Å². The maximum absolute atomic E-state index is 11.7. The van der Waals surface area contributed by atoms with E-state index in [2.05, 4.69) is 10.5 Å². The first-order valence-corrected chi connectivity index (χ1v) is 6.39. The normalized spacial score (nSPS) is 10.5. The molecule has 0 saturated carbocycles. The molecule has 112 valence electrons. The Labute approximate surface area is 126 Å². The van der Waals surface area contributed by atoms with Gasteiger partial charge in [0.1, 0.15) is 5.75 Å². The highest BCUT2D eigenvalue weighted by Crippen LogP contribution is 2.21. The van der Waals surface area contributed by atoms with Gasteiger partial charge in [-0.2, -0.15) is 5.10 Å². The Morgan fingerprint density at radius 2 is 2.00 bits per heavy atom. The van der Waals surface area contributed by atoms with Crippen molar-refractivity contribution in [2.75, 3.05) is 0 Å².